The van der Waals surface area contributed by atoms with Crippen molar-refractivity contribution < 1.29 is 36.1 Å². The Kier molecular flexibility index (Phi) is 6.16. The van der Waals surface area contributed by atoms with Crippen molar-refractivity contribution in [2.24, 2.45) is 0 Å². The molecule has 0 unspecified atom stereocenters. The fourth-order valence-electron chi connectivity index (χ4n) is 2.76. The van der Waals surface area contributed by atoms with E-state index >= 15 is 0 Å². The van der Waals surface area contributed by atoms with E-state index in [1.807, 2.05) is 0 Å². The van der Waals surface area contributed by atoms with Gasteiger partial charge in [0.1, 0.15) is 5.82 Å². The molecular weight excluding hydrogens is 448 g/mol. The summed E-state index contributed by atoms with van der Waals surface area (Å²) in [6, 6.07) is 9.97. The number of carbonyl (C=O) groups excluding carboxylic acids is 1. The third-order valence-electron chi connectivity index (χ3n) is 4.39. The van der Waals surface area contributed by atoms with E-state index in [0.717, 1.165) is 12.1 Å². The fraction of sp³-hybridized carbons (Fsp3) is 0.190. The first-order valence-corrected chi connectivity index (χ1v) is 9.52. The molecule has 2 heterocycles. The average Bonchev–Trinajstić information content (AvgIpc) is 3.46. The first-order chi connectivity index (χ1) is 15.8. The predicted octanol–water partition coefficient (Wildman–Crippen LogP) is 4.62. The summed E-state index contributed by atoms with van der Waals surface area (Å²) in [7, 11) is 0. The number of aromatic nitrogens is 4. The number of alkyl halides is 3. The van der Waals surface area contributed by atoms with Gasteiger partial charge < -0.3 is 13.8 Å². The molecule has 0 saturated carbocycles. The van der Waals surface area contributed by atoms with Gasteiger partial charge in [-0.15, -0.1) is 0 Å². The van der Waals surface area contributed by atoms with E-state index in [1.165, 1.54) is 36.4 Å². The van der Waals surface area contributed by atoms with Gasteiger partial charge in [-0.05, 0) is 36.4 Å². The van der Waals surface area contributed by atoms with Crippen LogP contribution in [0, 0.1) is 5.82 Å². The smallest absolute Gasteiger partial charge is 0.416 e. The van der Waals surface area contributed by atoms with E-state index in [4.69, 9.17) is 13.8 Å². The number of nitrogens with zero attached hydrogens (tertiary/aromatic N) is 4. The highest BCUT2D eigenvalue weighted by Crippen LogP contribution is 2.31. The molecule has 0 radical (unpaired) electrons. The lowest BCUT2D eigenvalue weighted by atomic mass is 10.1. The summed E-state index contributed by atoms with van der Waals surface area (Å²) in [5, 5.41) is 7.39. The molecule has 4 rings (SSSR count). The molecule has 4 aromatic rings. The molecule has 0 bridgehead atoms. The van der Waals surface area contributed by atoms with Crippen LogP contribution in [0.25, 0.3) is 22.8 Å². The second-order valence-electron chi connectivity index (χ2n) is 6.77. The fourth-order valence-corrected chi connectivity index (χ4v) is 2.76. The summed E-state index contributed by atoms with van der Waals surface area (Å²) in [4.78, 5) is 20.0. The first-order valence-electron chi connectivity index (χ1n) is 9.52. The summed E-state index contributed by atoms with van der Waals surface area (Å²) < 4.78 is 66.6. The van der Waals surface area contributed by atoms with Gasteiger partial charge >= 0.3 is 12.1 Å². The lowest BCUT2D eigenvalue weighted by Gasteiger charge is -2.06. The lowest BCUT2D eigenvalue weighted by Crippen LogP contribution is -2.06. The number of esters is 1. The minimum Gasteiger partial charge on any atom is -0.456 e. The summed E-state index contributed by atoms with van der Waals surface area (Å²) >= 11 is 0. The highest BCUT2D eigenvalue weighted by atomic mass is 19.4. The van der Waals surface area contributed by atoms with Crippen LogP contribution in [0.4, 0.5) is 17.6 Å². The van der Waals surface area contributed by atoms with E-state index in [9.17, 15) is 22.4 Å². The van der Waals surface area contributed by atoms with Crippen molar-refractivity contribution in [2.45, 2.75) is 25.6 Å². The summed E-state index contributed by atoms with van der Waals surface area (Å²) in [5.41, 5.74) is -0.178. The highest BCUT2D eigenvalue weighted by Gasteiger charge is 2.30. The molecular formula is C21H14F4N4O4. The average molecular weight is 462 g/mol. The van der Waals surface area contributed by atoms with Gasteiger partial charge in [0, 0.05) is 17.5 Å². The molecule has 0 amide bonds. The molecule has 0 atom stereocenters. The Bertz CT molecular complexity index is 1250. The molecule has 8 nitrogen and oxygen atoms in total. The van der Waals surface area contributed by atoms with Crippen LogP contribution in [0.1, 0.15) is 23.8 Å². The number of carbonyl (C=O) groups is 1. The van der Waals surface area contributed by atoms with Gasteiger partial charge in [0.05, 0.1) is 12.0 Å². The number of aryl methyl sites for hydroxylation is 1. The molecule has 0 spiro atoms. The zero-order valence-corrected chi connectivity index (χ0v) is 16.7. The highest BCUT2D eigenvalue weighted by molar-refractivity contribution is 5.69. The third kappa shape index (κ3) is 5.59. The van der Waals surface area contributed by atoms with E-state index in [2.05, 4.69) is 20.3 Å². The Morgan fingerprint density at radius 2 is 1.58 bits per heavy atom. The summed E-state index contributed by atoms with van der Waals surface area (Å²) in [5.74, 6) is -0.704. The van der Waals surface area contributed by atoms with Gasteiger partial charge in [-0.25, -0.2) is 4.39 Å². The number of ether oxygens (including phenoxy) is 1. The minimum absolute atomic E-state index is 0.0636. The van der Waals surface area contributed by atoms with Crippen molar-refractivity contribution >= 4 is 5.97 Å². The summed E-state index contributed by atoms with van der Waals surface area (Å²) in [6.45, 7) is -0.352. The van der Waals surface area contributed by atoms with E-state index < -0.39 is 23.5 Å². The van der Waals surface area contributed by atoms with Gasteiger partial charge in [0.15, 0.2) is 6.61 Å². The van der Waals surface area contributed by atoms with Crippen LogP contribution in [-0.4, -0.2) is 26.3 Å². The molecule has 0 aliphatic rings. The van der Waals surface area contributed by atoms with Gasteiger partial charge in [-0.1, -0.05) is 22.4 Å². The first kappa shape index (κ1) is 22.1. The maximum absolute atomic E-state index is 13.0. The largest absolute Gasteiger partial charge is 0.456 e. The number of halogens is 4. The van der Waals surface area contributed by atoms with E-state index in [-0.39, 0.29) is 48.4 Å². The Morgan fingerprint density at radius 1 is 0.909 bits per heavy atom. The van der Waals surface area contributed by atoms with Crippen LogP contribution >= 0.6 is 0 Å². The van der Waals surface area contributed by atoms with Crippen molar-refractivity contribution in [3.8, 4) is 22.8 Å². The van der Waals surface area contributed by atoms with Crippen LogP contribution in [0.5, 0.6) is 0 Å². The van der Waals surface area contributed by atoms with Crippen molar-refractivity contribution in [3.05, 3.63) is 71.7 Å². The van der Waals surface area contributed by atoms with Crippen molar-refractivity contribution in [1.29, 1.82) is 0 Å². The number of benzene rings is 2. The molecule has 33 heavy (non-hydrogen) atoms. The maximum Gasteiger partial charge on any atom is 0.416 e. The Morgan fingerprint density at radius 3 is 2.30 bits per heavy atom. The Balaban J connectivity index is 1.29. The molecule has 170 valence electrons. The number of hydrogen-bond donors (Lipinski definition) is 0. The second kappa shape index (κ2) is 9.18. The zero-order chi connectivity index (χ0) is 23.4. The molecule has 0 N–H and O–H groups in total. The van der Waals surface area contributed by atoms with Gasteiger partial charge in [-0.3, -0.25) is 4.79 Å². The Labute approximate surface area is 183 Å². The molecule has 0 saturated heterocycles. The normalized spacial score (nSPS) is 11.5. The van der Waals surface area contributed by atoms with Crippen LogP contribution < -0.4 is 0 Å². The third-order valence-corrected chi connectivity index (χ3v) is 4.39. The molecule has 0 fully saturated rings. The number of hydrogen-bond acceptors (Lipinski definition) is 8. The van der Waals surface area contributed by atoms with Crippen LogP contribution in [0.2, 0.25) is 0 Å². The number of rotatable bonds is 7. The quantitative estimate of drug-likeness (QED) is 0.290. The second-order valence-corrected chi connectivity index (χ2v) is 6.77. The summed E-state index contributed by atoms with van der Waals surface area (Å²) in [6.07, 6.45) is -4.48. The zero-order valence-electron chi connectivity index (χ0n) is 16.7. The lowest BCUT2D eigenvalue weighted by molar-refractivity contribution is -0.145. The SMILES string of the molecule is O=C(CCc1nc(-c2ccc(F)cc2)no1)OCc1nc(-c2cccc(C(F)(F)F)c2)no1. The van der Waals surface area contributed by atoms with Crippen molar-refractivity contribution in [1.82, 2.24) is 20.3 Å². The van der Waals surface area contributed by atoms with Crippen LogP contribution in [0.3, 0.4) is 0 Å². The van der Waals surface area contributed by atoms with Gasteiger partial charge in [-0.2, -0.15) is 23.1 Å². The van der Waals surface area contributed by atoms with Crippen molar-refractivity contribution in [2.75, 3.05) is 0 Å². The minimum atomic E-state index is -4.50. The predicted molar refractivity (Wildman–Crippen MR) is 103 cm³/mol. The Hall–Kier alpha value is -4.09. The van der Waals surface area contributed by atoms with Crippen LogP contribution in [0.15, 0.2) is 57.6 Å². The molecule has 2 aromatic carbocycles. The molecule has 0 aliphatic heterocycles. The van der Waals surface area contributed by atoms with Gasteiger partial charge in [0.2, 0.25) is 17.5 Å². The topological polar surface area (TPSA) is 104 Å². The van der Waals surface area contributed by atoms with Gasteiger partial charge in [0.25, 0.3) is 5.89 Å². The standard InChI is InChI=1S/C21H14F4N4O4/c22-15-6-4-12(5-7-15)19-26-16(32-28-19)8-9-18(30)31-11-17-27-20(29-33-17)13-2-1-3-14(10-13)21(23,24)25/h1-7,10H,8-9,11H2. The molecule has 0 aliphatic carbocycles. The van der Waals surface area contributed by atoms with Crippen molar-refractivity contribution in [3.63, 3.8) is 0 Å². The molecule has 12 heteroatoms. The van der Waals surface area contributed by atoms with E-state index in [1.54, 1.807) is 0 Å². The monoisotopic (exact) mass is 462 g/mol. The van der Waals surface area contributed by atoms with E-state index in [0.29, 0.717) is 5.56 Å². The van der Waals surface area contributed by atoms with Crippen LogP contribution in [-0.2, 0) is 28.7 Å². The maximum atomic E-state index is 13.0. The molecule has 2 aromatic heterocycles.